The van der Waals surface area contributed by atoms with Crippen molar-refractivity contribution in [3.63, 3.8) is 0 Å². The molecule has 0 bridgehead atoms. The third kappa shape index (κ3) is 4.18. The normalized spacial score (nSPS) is 10.5. The molecule has 1 N–H and O–H groups in total. The number of alkyl halides is 1. The van der Waals surface area contributed by atoms with Gasteiger partial charge in [-0.25, -0.2) is 0 Å². The Morgan fingerprint density at radius 2 is 2.07 bits per heavy atom. The fourth-order valence-corrected chi connectivity index (χ4v) is 1.75. The van der Waals surface area contributed by atoms with Crippen LogP contribution in [-0.2, 0) is 6.54 Å². The summed E-state index contributed by atoms with van der Waals surface area (Å²) in [6.07, 6.45) is 1.11. The summed E-state index contributed by atoms with van der Waals surface area (Å²) in [5, 5.41) is 5.81. The van der Waals surface area contributed by atoms with Crippen molar-refractivity contribution < 1.29 is 0 Å². The van der Waals surface area contributed by atoms with Gasteiger partial charge in [-0.3, -0.25) is 0 Å². The van der Waals surface area contributed by atoms with E-state index in [0.29, 0.717) is 0 Å². The second kappa shape index (κ2) is 6.67. The predicted molar refractivity (Wildman–Crippen MR) is 66.6 cm³/mol. The molecule has 1 aromatic rings. The van der Waals surface area contributed by atoms with Gasteiger partial charge in [0.05, 0.1) is 0 Å². The molecule has 1 aromatic carbocycles. The third-order valence-electron chi connectivity index (χ3n) is 1.81. The molecule has 0 aromatic heterocycles. The van der Waals surface area contributed by atoms with Gasteiger partial charge >= 0.3 is 0 Å². The fourth-order valence-electron chi connectivity index (χ4n) is 1.09. The predicted octanol–water partition coefficient (Wildman–Crippen LogP) is 3.87. The number of nitrogens with one attached hydrogen (secondary N) is 1. The Morgan fingerprint density at radius 1 is 1.29 bits per heavy atom. The minimum atomic E-state index is 0.728. The van der Waals surface area contributed by atoms with E-state index in [2.05, 4.69) is 21.2 Å². The molecule has 0 aliphatic rings. The lowest BCUT2D eigenvalue weighted by atomic mass is 10.2. The summed E-state index contributed by atoms with van der Waals surface area (Å²) in [5.74, 6) is 0. The molecule has 0 fully saturated rings. The number of benzene rings is 1. The first-order valence-electron chi connectivity index (χ1n) is 4.44. The second-order valence-electron chi connectivity index (χ2n) is 2.96. The summed E-state index contributed by atoms with van der Waals surface area (Å²) in [7, 11) is 0. The molecule has 0 spiro atoms. The van der Waals surface area contributed by atoms with E-state index in [1.807, 2.05) is 12.1 Å². The quantitative estimate of drug-likeness (QED) is 0.642. The number of rotatable bonds is 5. The van der Waals surface area contributed by atoms with Crippen molar-refractivity contribution in [3.8, 4) is 0 Å². The maximum atomic E-state index is 6.00. The molecule has 0 heterocycles. The van der Waals surface area contributed by atoms with Crippen LogP contribution in [0.15, 0.2) is 18.2 Å². The molecular weight excluding hydrogens is 285 g/mol. The average molecular weight is 297 g/mol. The summed E-state index contributed by atoms with van der Waals surface area (Å²) in [5.41, 5.74) is 1.05. The van der Waals surface area contributed by atoms with Gasteiger partial charge < -0.3 is 5.32 Å². The minimum Gasteiger partial charge on any atom is -0.313 e. The summed E-state index contributed by atoms with van der Waals surface area (Å²) in [6.45, 7) is 1.75. The van der Waals surface area contributed by atoms with Crippen LogP contribution in [0.5, 0.6) is 0 Å². The minimum absolute atomic E-state index is 0.728. The molecule has 0 atom stereocenters. The van der Waals surface area contributed by atoms with Crippen molar-refractivity contribution >= 4 is 39.1 Å². The van der Waals surface area contributed by atoms with E-state index in [-0.39, 0.29) is 0 Å². The molecule has 0 radical (unpaired) electrons. The van der Waals surface area contributed by atoms with Gasteiger partial charge in [0, 0.05) is 21.9 Å². The van der Waals surface area contributed by atoms with Crippen LogP contribution in [0.3, 0.4) is 0 Å². The maximum absolute atomic E-state index is 6.00. The van der Waals surface area contributed by atoms with Crippen LogP contribution >= 0.6 is 39.1 Å². The SMILES string of the molecule is Clc1ccc(Cl)c(CNCCCBr)c1. The van der Waals surface area contributed by atoms with Gasteiger partial charge in [0.25, 0.3) is 0 Å². The van der Waals surface area contributed by atoms with Gasteiger partial charge in [0.2, 0.25) is 0 Å². The van der Waals surface area contributed by atoms with E-state index < -0.39 is 0 Å². The van der Waals surface area contributed by atoms with Gasteiger partial charge in [-0.05, 0) is 36.7 Å². The van der Waals surface area contributed by atoms with Gasteiger partial charge in [0.15, 0.2) is 0 Å². The Kier molecular flexibility index (Phi) is 5.87. The highest BCUT2D eigenvalue weighted by Gasteiger charge is 2.00. The Balaban J connectivity index is 2.45. The van der Waals surface area contributed by atoms with Crippen LogP contribution in [0, 0.1) is 0 Å². The summed E-state index contributed by atoms with van der Waals surface area (Å²) < 4.78 is 0. The molecule has 0 saturated carbocycles. The standard InChI is InChI=1S/C10H12BrCl2N/c11-4-1-5-14-7-8-6-9(12)2-3-10(8)13/h2-3,6,14H,1,4-5,7H2. The molecule has 0 aliphatic carbocycles. The smallest absolute Gasteiger partial charge is 0.0451 e. The zero-order valence-electron chi connectivity index (χ0n) is 7.69. The summed E-state index contributed by atoms with van der Waals surface area (Å²) >= 11 is 15.2. The van der Waals surface area contributed by atoms with Crippen molar-refractivity contribution in [1.29, 1.82) is 0 Å². The van der Waals surface area contributed by atoms with Crippen molar-refractivity contribution in [3.05, 3.63) is 33.8 Å². The first-order valence-corrected chi connectivity index (χ1v) is 6.32. The van der Waals surface area contributed by atoms with Crippen LogP contribution < -0.4 is 5.32 Å². The highest BCUT2D eigenvalue weighted by molar-refractivity contribution is 9.09. The van der Waals surface area contributed by atoms with Crippen molar-refractivity contribution in [2.75, 3.05) is 11.9 Å². The largest absolute Gasteiger partial charge is 0.313 e. The highest BCUT2D eigenvalue weighted by Crippen LogP contribution is 2.20. The van der Waals surface area contributed by atoms with E-state index in [1.54, 1.807) is 6.07 Å². The monoisotopic (exact) mass is 295 g/mol. The first-order chi connectivity index (χ1) is 6.74. The first kappa shape index (κ1) is 12.3. The molecule has 0 unspecified atom stereocenters. The molecule has 1 nitrogen and oxygen atoms in total. The molecule has 0 amide bonds. The van der Waals surface area contributed by atoms with Crippen LogP contribution in [0.1, 0.15) is 12.0 Å². The van der Waals surface area contributed by atoms with Crippen molar-refractivity contribution in [2.24, 2.45) is 0 Å². The van der Waals surface area contributed by atoms with E-state index >= 15 is 0 Å². The second-order valence-corrected chi connectivity index (χ2v) is 4.59. The van der Waals surface area contributed by atoms with Gasteiger partial charge in [-0.2, -0.15) is 0 Å². The van der Waals surface area contributed by atoms with Crippen LogP contribution in [-0.4, -0.2) is 11.9 Å². The Labute approximate surface area is 103 Å². The third-order valence-corrected chi connectivity index (χ3v) is 2.97. The molecular formula is C10H12BrCl2N. The van der Waals surface area contributed by atoms with Crippen LogP contribution in [0.2, 0.25) is 10.0 Å². The number of halogens is 3. The molecule has 0 aliphatic heterocycles. The fraction of sp³-hybridized carbons (Fsp3) is 0.400. The van der Waals surface area contributed by atoms with Gasteiger partial charge in [0.1, 0.15) is 0 Å². The van der Waals surface area contributed by atoms with Crippen molar-refractivity contribution in [1.82, 2.24) is 5.32 Å². The van der Waals surface area contributed by atoms with E-state index in [4.69, 9.17) is 23.2 Å². The van der Waals surface area contributed by atoms with Crippen LogP contribution in [0.25, 0.3) is 0 Å². The average Bonchev–Trinajstić information content (AvgIpc) is 2.18. The maximum Gasteiger partial charge on any atom is 0.0451 e. The molecule has 14 heavy (non-hydrogen) atoms. The van der Waals surface area contributed by atoms with Crippen LogP contribution in [0.4, 0.5) is 0 Å². The topological polar surface area (TPSA) is 12.0 Å². The van der Waals surface area contributed by atoms with E-state index in [9.17, 15) is 0 Å². The zero-order valence-corrected chi connectivity index (χ0v) is 10.8. The lowest BCUT2D eigenvalue weighted by Gasteiger charge is -2.06. The molecule has 4 heteroatoms. The van der Waals surface area contributed by atoms with Crippen molar-refractivity contribution in [2.45, 2.75) is 13.0 Å². The lowest BCUT2D eigenvalue weighted by Crippen LogP contribution is -2.15. The summed E-state index contributed by atoms with van der Waals surface area (Å²) in [6, 6.07) is 5.52. The van der Waals surface area contributed by atoms with E-state index in [1.165, 1.54) is 0 Å². The molecule has 78 valence electrons. The highest BCUT2D eigenvalue weighted by atomic mass is 79.9. The Morgan fingerprint density at radius 3 is 2.79 bits per heavy atom. The van der Waals surface area contributed by atoms with E-state index in [0.717, 1.165) is 40.4 Å². The summed E-state index contributed by atoms with van der Waals surface area (Å²) in [4.78, 5) is 0. The number of hydrogen-bond donors (Lipinski definition) is 1. The lowest BCUT2D eigenvalue weighted by molar-refractivity contribution is 0.680. The Hall–Kier alpha value is 0.240. The van der Waals surface area contributed by atoms with Gasteiger partial charge in [-0.15, -0.1) is 0 Å². The number of hydrogen-bond acceptors (Lipinski definition) is 1. The van der Waals surface area contributed by atoms with Gasteiger partial charge in [-0.1, -0.05) is 39.1 Å². The Bertz CT molecular complexity index is 291. The zero-order chi connectivity index (χ0) is 10.4. The molecule has 1 rings (SSSR count). The molecule has 0 saturated heterocycles.